The first-order valence-electron chi connectivity index (χ1n) is 8.20. The second-order valence-corrected chi connectivity index (χ2v) is 9.01. The summed E-state index contributed by atoms with van der Waals surface area (Å²) in [6.07, 6.45) is 4.11. The predicted molar refractivity (Wildman–Crippen MR) is 109 cm³/mol. The molecule has 0 spiro atoms. The van der Waals surface area contributed by atoms with Crippen LogP contribution in [-0.4, -0.2) is 25.0 Å². The van der Waals surface area contributed by atoms with Crippen LogP contribution < -0.4 is 4.72 Å². The first-order chi connectivity index (χ1) is 12.7. The van der Waals surface area contributed by atoms with Crippen LogP contribution in [0, 0.1) is 6.92 Å². The number of hydrogen-bond acceptors (Lipinski definition) is 3. The molecule has 0 fully saturated rings. The van der Waals surface area contributed by atoms with Gasteiger partial charge in [0, 0.05) is 18.8 Å². The molecule has 0 bridgehead atoms. The summed E-state index contributed by atoms with van der Waals surface area (Å²) < 4.78 is 28.6. The van der Waals surface area contributed by atoms with E-state index in [1.807, 2.05) is 42.9 Å². The van der Waals surface area contributed by atoms with Gasteiger partial charge < -0.3 is 4.57 Å². The third-order valence-corrected chi connectivity index (χ3v) is 6.61. The Morgan fingerprint density at radius 1 is 1.19 bits per heavy atom. The van der Waals surface area contributed by atoms with Crippen LogP contribution >= 0.6 is 23.2 Å². The summed E-state index contributed by atoms with van der Waals surface area (Å²) in [4.78, 5) is 4.58. The molecule has 0 saturated carbocycles. The van der Waals surface area contributed by atoms with Crippen molar-refractivity contribution in [3.05, 3.63) is 69.6 Å². The van der Waals surface area contributed by atoms with Gasteiger partial charge in [0.1, 0.15) is 0 Å². The van der Waals surface area contributed by atoms with Crippen molar-refractivity contribution in [1.82, 2.24) is 14.3 Å². The Morgan fingerprint density at radius 2 is 1.93 bits per heavy atom. The van der Waals surface area contributed by atoms with E-state index in [0.29, 0.717) is 22.2 Å². The van der Waals surface area contributed by atoms with E-state index in [1.54, 1.807) is 18.5 Å². The average molecular weight is 424 g/mol. The molecule has 0 aliphatic heterocycles. The Kier molecular flexibility index (Phi) is 5.63. The average Bonchev–Trinajstić information content (AvgIpc) is 3.06. The quantitative estimate of drug-likeness (QED) is 0.668. The van der Waals surface area contributed by atoms with Gasteiger partial charge in [-0.2, -0.15) is 0 Å². The molecule has 0 atom stereocenters. The fraction of sp³-hybridized carbons (Fsp3) is 0.211. The molecular formula is C19H19Cl2N3O2S. The zero-order valence-electron chi connectivity index (χ0n) is 15.1. The normalized spacial score (nSPS) is 11.7. The summed E-state index contributed by atoms with van der Waals surface area (Å²) in [6.45, 7) is 1.90. The van der Waals surface area contributed by atoms with E-state index in [0.717, 1.165) is 22.3 Å². The highest BCUT2D eigenvalue weighted by Crippen LogP contribution is 2.31. The predicted octanol–water partition coefficient (Wildman–Crippen LogP) is 4.20. The minimum absolute atomic E-state index is 0.194. The van der Waals surface area contributed by atoms with E-state index in [2.05, 4.69) is 9.71 Å². The zero-order valence-corrected chi connectivity index (χ0v) is 17.5. The van der Waals surface area contributed by atoms with E-state index < -0.39 is 10.0 Å². The maximum absolute atomic E-state index is 12.2. The van der Waals surface area contributed by atoms with Crippen LogP contribution in [0.1, 0.15) is 16.7 Å². The summed E-state index contributed by atoms with van der Waals surface area (Å²) in [6, 6.07) is 8.87. The Labute approximate surface area is 169 Å². The van der Waals surface area contributed by atoms with Crippen molar-refractivity contribution in [3.8, 4) is 11.3 Å². The molecule has 142 valence electrons. The number of rotatable bonds is 5. The summed E-state index contributed by atoms with van der Waals surface area (Å²) >= 11 is 12.4. The monoisotopic (exact) mass is 423 g/mol. The van der Waals surface area contributed by atoms with Crippen LogP contribution in [0.2, 0.25) is 10.0 Å². The van der Waals surface area contributed by atoms with Gasteiger partial charge in [0.25, 0.3) is 0 Å². The number of nitrogens with one attached hydrogen (secondary N) is 1. The number of aryl methyl sites for hydroxylation is 2. The maximum Gasteiger partial charge on any atom is 0.240 e. The smallest absolute Gasteiger partial charge is 0.240 e. The molecule has 0 aliphatic carbocycles. The van der Waals surface area contributed by atoms with Gasteiger partial charge in [0.05, 0.1) is 27.0 Å². The molecule has 3 rings (SSSR count). The molecule has 27 heavy (non-hydrogen) atoms. The van der Waals surface area contributed by atoms with E-state index in [9.17, 15) is 8.42 Å². The second-order valence-electron chi connectivity index (χ2n) is 6.34. The minimum Gasteiger partial charge on any atom is -0.340 e. The van der Waals surface area contributed by atoms with Crippen molar-refractivity contribution in [2.75, 3.05) is 7.05 Å². The Balaban J connectivity index is 2.12. The highest BCUT2D eigenvalue weighted by molar-refractivity contribution is 7.89. The van der Waals surface area contributed by atoms with Crippen LogP contribution in [0.4, 0.5) is 0 Å². The number of sulfonamides is 1. The molecule has 0 radical (unpaired) electrons. The third kappa shape index (κ3) is 4.19. The fourth-order valence-corrected chi connectivity index (χ4v) is 4.06. The van der Waals surface area contributed by atoms with Crippen LogP contribution in [0.25, 0.3) is 11.3 Å². The standard InChI is InChI=1S/C19H19Cl2N3O2S/c1-12-6-13(8-17(20)19(12)21)7-14-4-5-15(27(25,26)22-2)9-16(14)18-10-24(3)11-23-18/h4-6,8-11,22H,7H2,1-3H3. The van der Waals surface area contributed by atoms with Gasteiger partial charge in [0.15, 0.2) is 0 Å². The van der Waals surface area contributed by atoms with Gasteiger partial charge in [-0.05, 0) is 55.3 Å². The Morgan fingerprint density at radius 3 is 2.52 bits per heavy atom. The molecule has 1 aromatic heterocycles. The summed E-state index contributed by atoms with van der Waals surface area (Å²) in [5, 5.41) is 1.04. The SMILES string of the molecule is CNS(=O)(=O)c1ccc(Cc2cc(C)c(Cl)c(Cl)c2)c(-c2cn(C)cn2)c1. The van der Waals surface area contributed by atoms with E-state index in [1.165, 1.54) is 7.05 Å². The number of hydrogen-bond donors (Lipinski definition) is 1. The lowest BCUT2D eigenvalue weighted by Gasteiger charge is -2.12. The third-order valence-electron chi connectivity index (χ3n) is 4.31. The molecule has 1 N–H and O–H groups in total. The lowest BCUT2D eigenvalue weighted by Crippen LogP contribution is -2.18. The summed E-state index contributed by atoms with van der Waals surface area (Å²) in [5.74, 6) is 0. The first-order valence-corrected chi connectivity index (χ1v) is 10.4. The van der Waals surface area contributed by atoms with Crippen molar-refractivity contribution in [2.45, 2.75) is 18.2 Å². The lowest BCUT2D eigenvalue weighted by atomic mass is 9.97. The maximum atomic E-state index is 12.2. The summed E-state index contributed by atoms with van der Waals surface area (Å²) in [5.41, 5.74) is 4.30. The highest BCUT2D eigenvalue weighted by atomic mass is 35.5. The minimum atomic E-state index is -3.55. The van der Waals surface area contributed by atoms with Crippen LogP contribution in [0.15, 0.2) is 47.8 Å². The van der Waals surface area contributed by atoms with E-state index in [-0.39, 0.29) is 4.90 Å². The molecule has 8 heteroatoms. The number of benzene rings is 2. The number of nitrogens with zero attached hydrogens (tertiary/aromatic N) is 2. The van der Waals surface area contributed by atoms with Crippen molar-refractivity contribution >= 4 is 33.2 Å². The molecule has 0 unspecified atom stereocenters. The molecule has 2 aromatic carbocycles. The van der Waals surface area contributed by atoms with Gasteiger partial charge in [0.2, 0.25) is 10.0 Å². The van der Waals surface area contributed by atoms with Crippen LogP contribution in [0.5, 0.6) is 0 Å². The molecular weight excluding hydrogens is 405 g/mol. The zero-order chi connectivity index (χ0) is 19.8. The molecule has 0 amide bonds. The van der Waals surface area contributed by atoms with Gasteiger partial charge in [-0.25, -0.2) is 18.1 Å². The summed E-state index contributed by atoms with van der Waals surface area (Å²) in [7, 11) is -0.295. The largest absolute Gasteiger partial charge is 0.340 e. The molecule has 3 aromatic rings. The van der Waals surface area contributed by atoms with E-state index >= 15 is 0 Å². The van der Waals surface area contributed by atoms with Gasteiger partial charge in [-0.15, -0.1) is 0 Å². The van der Waals surface area contributed by atoms with Crippen LogP contribution in [-0.2, 0) is 23.5 Å². The van der Waals surface area contributed by atoms with Crippen molar-refractivity contribution in [2.24, 2.45) is 7.05 Å². The first kappa shape index (κ1) is 19.9. The van der Waals surface area contributed by atoms with E-state index in [4.69, 9.17) is 23.2 Å². The molecule has 0 saturated heterocycles. The number of aromatic nitrogens is 2. The second kappa shape index (κ2) is 7.64. The topological polar surface area (TPSA) is 64.0 Å². The lowest BCUT2D eigenvalue weighted by molar-refractivity contribution is 0.588. The fourth-order valence-electron chi connectivity index (χ4n) is 2.90. The molecule has 1 heterocycles. The Bertz CT molecular complexity index is 1080. The van der Waals surface area contributed by atoms with Gasteiger partial charge >= 0.3 is 0 Å². The molecule has 5 nitrogen and oxygen atoms in total. The van der Waals surface area contributed by atoms with Crippen molar-refractivity contribution < 1.29 is 8.42 Å². The van der Waals surface area contributed by atoms with Crippen molar-refractivity contribution in [1.29, 1.82) is 0 Å². The number of halogens is 2. The van der Waals surface area contributed by atoms with Crippen LogP contribution in [0.3, 0.4) is 0 Å². The Hall–Kier alpha value is -1.86. The van der Waals surface area contributed by atoms with Crippen molar-refractivity contribution in [3.63, 3.8) is 0 Å². The highest BCUT2D eigenvalue weighted by Gasteiger charge is 2.17. The number of imidazole rings is 1. The van der Waals surface area contributed by atoms with Gasteiger partial charge in [-0.3, -0.25) is 0 Å². The van der Waals surface area contributed by atoms with Gasteiger partial charge in [-0.1, -0.05) is 35.3 Å². The molecule has 0 aliphatic rings.